The molecule has 0 saturated heterocycles. The molecule has 5 nitrogen and oxygen atoms in total. The zero-order valence-electron chi connectivity index (χ0n) is 10.00. The van der Waals surface area contributed by atoms with Crippen molar-refractivity contribution in [1.29, 1.82) is 0 Å². The van der Waals surface area contributed by atoms with Crippen LogP contribution in [0, 0.1) is 6.92 Å². The molecule has 0 saturated carbocycles. The van der Waals surface area contributed by atoms with Gasteiger partial charge in [0.25, 0.3) is 0 Å². The van der Waals surface area contributed by atoms with Crippen LogP contribution in [-0.4, -0.2) is 19.8 Å². The van der Waals surface area contributed by atoms with Gasteiger partial charge in [0.2, 0.25) is 5.89 Å². The largest absolute Gasteiger partial charge is 0.392 e. The van der Waals surface area contributed by atoms with Crippen LogP contribution in [0.25, 0.3) is 10.9 Å². The van der Waals surface area contributed by atoms with Crippen molar-refractivity contribution in [3.8, 4) is 0 Å². The van der Waals surface area contributed by atoms with E-state index in [4.69, 9.17) is 4.52 Å². The van der Waals surface area contributed by atoms with E-state index in [2.05, 4.69) is 10.1 Å². The lowest BCUT2D eigenvalue weighted by Crippen LogP contribution is -2.00. The van der Waals surface area contributed by atoms with Crippen LogP contribution < -0.4 is 0 Å². The van der Waals surface area contributed by atoms with Gasteiger partial charge < -0.3 is 14.2 Å². The van der Waals surface area contributed by atoms with Gasteiger partial charge in [-0.2, -0.15) is 4.98 Å². The maximum Gasteiger partial charge on any atom is 0.246 e. The number of para-hydroxylation sites is 1. The lowest BCUT2D eigenvalue weighted by molar-refractivity contribution is 0.282. The van der Waals surface area contributed by atoms with Gasteiger partial charge in [0.05, 0.1) is 12.1 Å². The third kappa shape index (κ3) is 1.78. The fourth-order valence-corrected chi connectivity index (χ4v) is 2.15. The van der Waals surface area contributed by atoms with E-state index in [-0.39, 0.29) is 6.61 Å². The van der Waals surface area contributed by atoms with Crippen molar-refractivity contribution < 1.29 is 9.63 Å². The van der Waals surface area contributed by atoms with Gasteiger partial charge in [-0.25, -0.2) is 0 Å². The maximum absolute atomic E-state index is 9.38. The summed E-state index contributed by atoms with van der Waals surface area (Å²) >= 11 is 0. The summed E-state index contributed by atoms with van der Waals surface area (Å²) in [5.41, 5.74) is 1.91. The average Bonchev–Trinajstić information content (AvgIpc) is 2.97. The lowest BCUT2D eigenvalue weighted by atomic mass is 10.1. The van der Waals surface area contributed by atoms with E-state index in [1.807, 2.05) is 35.0 Å². The molecule has 0 aliphatic rings. The molecule has 1 aromatic carbocycles. The first kappa shape index (κ1) is 11.0. The lowest BCUT2D eigenvalue weighted by Gasteiger charge is -2.05. The smallest absolute Gasteiger partial charge is 0.246 e. The summed E-state index contributed by atoms with van der Waals surface area (Å²) in [6.07, 6.45) is 1.96. The van der Waals surface area contributed by atoms with Crippen molar-refractivity contribution >= 4 is 10.9 Å². The van der Waals surface area contributed by atoms with Crippen LogP contribution in [0.1, 0.15) is 17.3 Å². The average molecular weight is 243 g/mol. The van der Waals surface area contributed by atoms with Gasteiger partial charge in [0, 0.05) is 11.8 Å². The predicted octanol–water partition coefficient (Wildman–Crippen LogP) is 1.87. The van der Waals surface area contributed by atoms with Gasteiger partial charge in [-0.05, 0) is 18.4 Å². The van der Waals surface area contributed by atoms with Crippen molar-refractivity contribution in [3.05, 3.63) is 47.7 Å². The number of aliphatic hydroxyl groups excluding tert-OH is 1. The molecule has 92 valence electrons. The van der Waals surface area contributed by atoms with Crippen LogP contribution in [0.15, 0.2) is 35.0 Å². The Morgan fingerprint density at radius 3 is 2.94 bits per heavy atom. The summed E-state index contributed by atoms with van der Waals surface area (Å²) in [5, 5.41) is 14.3. The molecule has 0 aliphatic heterocycles. The van der Waals surface area contributed by atoms with Crippen LogP contribution >= 0.6 is 0 Å². The molecular weight excluding hydrogens is 230 g/mol. The monoisotopic (exact) mass is 243 g/mol. The van der Waals surface area contributed by atoms with Gasteiger partial charge in [-0.1, -0.05) is 23.4 Å². The second-order valence-corrected chi connectivity index (χ2v) is 4.19. The summed E-state index contributed by atoms with van der Waals surface area (Å²) < 4.78 is 7.12. The van der Waals surface area contributed by atoms with E-state index < -0.39 is 0 Å². The highest BCUT2D eigenvalue weighted by Gasteiger charge is 2.09. The van der Waals surface area contributed by atoms with Crippen LogP contribution in [0.2, 0.25) is 0 Å². The van der Waals surface area contributed by atoms with Crippen LogP contribution in [0.5, 0.6) is 0 Å². The minimum Gasteiger partial charge on any atom is -0.392 e. The Morgan fingerprint density at radius 1 is 1.33 bits per heavy atom. The van der Waals surface area contributed by atoms with Crippen LogP contribution in [0.3, 0.4) is 0 Å². The first-order valence-electron chi connectivity index (χ1n) is 5.74. The number of nitrogens with zero attached hydrogens (tertiary/aromatic N) is 3. The third-order valence-corrected chi connectivity index (χ3v) is 2.92. The molecule has 2 heterocycles. The maximum atomic E-state index is 9.38. The van der Waals surface area contributed by atoms with E-state index in [0.29, 0.717) is 18.3 Å². The second kappa shape index (κ2) is 4.27. The number of hydrogen-bond donors (Lipinski definition) is 1. The zero-order chi connectivity index (χ0) is 12.5. The fourth-order valence-electron chi connectivity index (χ4n) is 2.15. The molecule has 0 unspecified atom stereocenters. The molecule has 0 radical (unpaired) electrons. The van der Waals surface area contributed by atoms with Gasteiger partial charge in [0.15, 0.2) is 5.82 Å². The van der Waals surface area contributed by atoms with Crippen molar-refractivity contribution in [2.45, 2.75) is 20.1 Å². The number of benzene rings is 1. The van der Waals surface area contributed by atoms with E-state index >= 15 is 0 Å². The Morgan fingerprint density at radius 2 is 2.22 bits per heavy atom. The second-order valence-electron chi connectivity index (χ2n) is 4.19. The molecule has 0 atom stereocenters. The third-order valence-electron chi connectivity index (χ3n) is 2.92. The molecule has 0 fully saturated rings. The number of aliphatic hydroxyl groups is 1. The molecule has 0 spiro atoms. The topological polar surface area (TPSA) is 64.1 Å². The molecule has 2 aromatic heterocycles. The molecule has 0 bridgehead atoms. The van der Waals surface area contributed by atoms with Gasteiger partial charge in [-0.15, -0.1) is 0 Å². The molecule has 0 amide bonds. The highest BCUT2D eigenvalue weighted by Crippen LogP contribution is 2.21. The molecular formula is C13H13N3O2. The number of hydrogen-bond acceptors (Lipinski definition) is 4. The minimum absolute atomic E-state index is 0.0181. The quantitative estimate of drug-likeness (QED) is 0.762. The Balaban J connectivity index is 2.06. The SMILES string of the molecule is Cc1noc(Cn2ccc3cccc(CO)c32)n1. The number of rotatable bonds is 3. The molecule has 18 heavy (non-hydrogen) atoms. The summed E-state index contributed by atoms with van der Waals surface area (Å²) in [6, 6.07) is 7.88. The fraction of sp³-hybridized carbons (Fsp3) is 0.231. The van der Waals surface area contributed by atoms with Gasteiger partial charge >= 0.3 is 0 Å². The van der Waals surface area contributed by atoms with E-state index in [1.165, 1.54) is 0 Å². The standard InChI is InChI=1S/C13H13N3O2/c1-9-14-12(18-15-9)7-16-6-5-10-3-2-4-11(8-17)13(10)16/h2-6,17H,7-8H2,1H3. The van der Waals surface area contributed by atoms with E-state index in [1.54, 1.807) is 6.92 Å². The summed E-state index contributed by atoms with van der Waals surface area (Å²) in [7, 11) is 0. The van der Waals surface area contributed by atoms with Crippen LogP contribution in [0.4, 0.5) is 0 Å². The Kier molecular flexibility index (Phi) is 2.60. The minimum atomic E-state index is 0.0181. The van der Waals surface area contributed by atoms with Gasteiger partial charge in [0.1, 0.15) is 6.54 Å². The Labute approximate surface area is 104 Å². The number of fused-ring (bicyclic) bond motifs is 1. The molecule has 5 heteroatoms. The Bertz CT molecular complexity index is 684. The molecule has 0 aliphatic carbocycles. The first-order chi connectivity index (χ1) is 8.78. The summed E-state index contributed by atoms with van der Waals surface area (Å²) in [6.45, 7) is 2.32. The van der Waals surface area contributed by atoms with Crippen molar-refractivity contribution in [1.82, 2.24) is 14.7 Å². The Hall–Kier alpha value is -2.14. The van der Waals surface area contributed by atoms with Crippen LogP contribution in [-0.2, 0) is 13.2 Å². The highest BCUT2D eigenvalue weighted by atomic mass is 16.5. The number of aryl methyl sites for hydroxylation is 1. The molecule has 1 N–H and O–H groups in total. The highest BCUT2D eigenvalue weighted by molar-refractivity contribution is 5.83. The normalized spacial score (nSPS) is 11.2. The first-order valence-corrected chi connectivity index (χ1v) is 5.74. The zero-order valence-corrected chi connectivity index (χ0v) is 10.00. The van der Waals surface area contributed by atoms with Crippen molar-refractivity contribution in [2.75, 3.05) is 0 Å². The summed E-state index contributed by atoms with van der Waals surface area (Å²) in [5.74, 6) is 1.20. The van der Waals surface area contributed by atoms with Crippen molar-refractivity contribution in [2.24, 2.45) is 0 Å². The van der Waals surface area contributed by atoms with Crippen molar-refractivity contribution in [3.63, 3.8) is 0 Å². The predicted molar refractivity (Wildman–Crippen MR) is 66.0 cm³/mol. The number of aromatic nitrogens is 3. The van der Waals surface area contributed by atoms with E-state index in [0.717, 1.165) is 16.5 Å². The van der Waals surface area contributed by atoms with Gasteiger partial charge in [-0.3, -0.25) is 0 Å². The summed E-state index contributed by atoms with van der Waals surface area (Å²) in [4.78, 5) is 4.19. The molecule has 3 aromatic rings. The molecule has 3 rings (SSSR count). The van der Waals surface area contributed by atoms with E-state index in [9.17, 15) is 5.11 Å².